The lowest BCUT2D eigenvalue weighted by Crippen LogP contribution is -2.04. The molecule has 0 aromatic heterocycles. The van der Waals surface area contributed by atoms with Crippen LogP contribution in [0.4, 0.5) is 0 Å². The molecule has 0 spiro atoms. The molecule has 0 aliphatic carbocycles. The first-order chi connectivity index (χ1) is 6.27. The van der Waals surface area contributed by atoms with Gasteiger partial charge in [0.2, 0.25) is 5.91 Å². The maximum absolute atomic E-state index is 10.3. The second-order valence-electron chi connectivity index (χ2n) is 2.72. The van der Waals surface area contributed by atoms with Gasteiger partial charge in [-0.3, -0.25) is 4.79 Å². The quantitative estimate of drug-likeness (QED) is 0.379. The molecule has 0 aliphatic rings. The van der Waals surface area contributed by atoms with Crippen molar-refractivity contribution in [2.45, 2.75) is 26.2 Å². The minimum Gasteiger partial charge on any atom is -0.366 e. The first-order valence-electron chi connectivity index (χ1n) is 4.56. The Hall–Kier alpha value is -1.31. The highest BCUT2D eigenvalue weighted by Crippen LogP contribution is 1.94. The predicted octanol–water partition coefficient (Wildman–Crippen LogP) is 2.33. The topological polar surface area (TPSA) is 43.1 Å². The van der Waals surface area contributed by atoms with Gasteiger partial charge in [0, 0.05) is 6.08 Å². The van der Waals surface area contributed by atoms with Crippen molar-refractivity contribution in [1.29, 1.82) is 0 Å². The van der Waals surface area contributed by atoms with Crippen molar-refractivity contribution in [3.8, 4) is 0 Å². The summed E-state index contributed by atoms with van der Waals surface area (Å²) in [7, 11) is 0. The third kappa shape index (κ3) is 10.7. The van der Waals surface area contributed by atoms with E-state index in [9.17, 15) is 4.79 Å². The van der Waals surface area contributed by atoms with E-state index in [4.69, 9.17) is 5.73 Å². The van der Waals surface area contributed by atoms with Crippen molar-refractivity contribution in [3.63, 3.8) is 0 Å². The van der Waals surface area contributed by atoms with Gasteiger partial charge in [-0.05, 0) is 6.42 Å². The third-order valence-corrected chi connectivity index (χ3v) is 1.45. The number of hydrogen-bond acceptors (Lipinski definition) is 1. The molecular weight excluding hydrogens is 162 g/mol. The van der Waals surface area contributed by atoms with E-state index < -0.39 is 5.91 Å². The van der Waals surface area contributed by atoms with Crippen LogP contribution in [0.5, 0.6) is 0 Å². The standard InChI is InChI=1S/C11H17NO/c1-2-3-4-5-6-7-8-9-10-11(12)13/h5-10H,2-4H2,1H3,(H2,12,13)/b6-5+,8-7+,10-9+. The number of carbonyl (C=O) groups excluding carboxylic acids is 1. The van der Waals surface area contributed by atoms with Crippen molar-refractivity contribution in [2.75, 3.05) is 0 Å². The Balaban J connectivity index is 3.51. The van der Waals surface area contributed by atoms with Gasteiger partial charge in [0.1, 0.15) is 0 Å². The summed E-state index contributed by atoms with van der Waals surface area (Å²) >= 11 is 0. The van der Waals surface area contributed by atoms with Crippen LogP contribution < -0.4 is 5.73 Å². The van der Waals surface area contributed by atoms with E-state index >= 15 is 0 Å². The van der Waals surface area contributed by atoms with E-state index in [2.05, 4.69) is 13.0 Å². The molecule has 1 amide bonds. The Labute approximate surface area is 79.8 Å². The number of unbranched alkanes of at least 4 members (excludes halogenated alkanes) is 2. The zero-order chi connectivity index (χ0) is 9.94. The van der Waals surface area contributed by atoms with Crippen LogP contribution in [0, 0.1) is 0 Å². The molecule has 0 heterocycles. The highest BCUT2D eigenvalue weighted by Gasteiger charge is 1.77. The van der Waals surface area contributed by atoms with Crippen LogP contribution in [0.3, 0.4) is 0 Å². The van der Waals surface area contributed by atoms with Crippen molar-refractivity contribution in [1.82, 2.24) is 0 Å². The van der Waals surface area contributed by atoms with Gasteiger partial charge in [0.15, 0.2) is 0 Å². The summed E-state index contributed by atoms with van der Waals surface area (Å²) < 4.78 is 0. The van der Waals surface area contributed by atoms with E-state index in [1.165, 1.54) is 18.9 Å². The summed E-state index contributed by atoms with van der Waals surface area (Å²) in [4.78, 5) is 10.3. The SMILES string of the molecule is CCCC/C=C/C=C/C=C/C(N)=O. The van der Waals surface area contributed by atoms with E-state index in [1.54, 1.807) is 12.2 Å². The van der Waals surface area contributed by atoms with Gasteiger partial charge in [-0.2, -0.15) is 0 Å². The molecule has 0 unspecified atom stereocenters. The summed E-state index contributed by atoms with van der Waals surface area (Å²) in [5.74, 6) is -0.417. The van der Waals surface area contributed by atoms with Crippen molar-refractivity contribution in [2.24, 2.45) is 5.73 Å². The van der Waals surface area contributed by atoms with Gasteiger partial charge in [0.05, 0.1) is 0 Å². The summed E-state index contributed by atoms with van der Waals surface area (Å²) in [5.41, 5.74) is 4.90. The van der Waals surface area contributed by atoms with Gasteiger partial charge < -0.3 is 5.73 Å². The van der Waals surface area contributed by atoms with Crippen LogP contribution >= 0.6 is 0 Å². The van der Waals surface area contributed by atoms with Gasteiger partial charge >= 0.3 is 0 Å². The van der Waals surface area contributed by atoms with Gasteiger partial charge in [-0.1, -0.05) is 50.1 Å². The molecule has 0 aromatic rings. The molecule has 0 radical (unpaired) electrons. The summed E-state index contributed by atoms with van der Waals surface area (Å²) in [6, 6.07) is 0. The second-order valence-corrected chi connectivity index (χ2v) is 2.72. The molecule has 2 heteroatoms. The Bertz CT molecular complexity index is 214. The van der Waals surface area contributed by atoms with Crippen molar-refractivity contribution >= 4 is 5.91 Å². The Kier molecular flexibility index (Phi) is 7.90. The zero-order valence-electron chi connectivity index (χ0n) is 8.07. The number of amides is 1. The molecule has 2 nitrogen and oxygen atoms in total. The summed E-state index contributed by atoms with van der Waals surface area (Å²) in [5, 5.41) is 0. The fourth-order valence-electron chi connectivity index (χ4n) is 0.775. The first-order valence-corrected chi connectivity index (χ1v) is 4.56. The molecule has 0 atom stereocenters. The average Bonchev–Trinajstić information content (AvgIpc) is 2.09. The summed E-state index contributed by atoms with van der Waals surface area (Å²) in [6.45, 7) is 2.17. The third-order valence-electron chi connectivity index (χ3n) is 1.45. The molecule has 0 rings (SSSR count). The molecule has 0 bridgehead atoms. The van der Waals surface area contributed by atoms with Crippen LogP contribution in [-0.2, 0) is 4.79 Å². The Morgan fingerprint density at radius 1 is 1.23 bits per heavy atom. The molecule has 2 N–H and O–H groups in total. The van der Waals surface area contributed by atoms with Crippen molar-refractivity contribution in [3.05, 3.63) is 36.5 Å². The molecular formula is C11H17NO. The normalized spacial score (nSPS) is 12.1. The molecule has 0 aromatic carbocycles. The molecule has 0 saturated carbocycles. The largest absolute Gasteiger partial charge is 0.366 e. The highest BCUT2D eigenvalue weighted by atomic mass is 16.1. The van der Waals surface area contributed by atoms with Crippen LogP contribution in [0.2, 0.25) is 0 Å². The molecule has 72 valence electrons. The number of allylic oxidation sites excluding steroid dienone is 5. The number of nitrogens with two attached hydrogens (primary N) is 1. The van der Waals surface area contributed by atoms with Crippen molar-refractivity contribution < 1.29 is 4.79 Å². The van der Waals surface area contributed by atoms with Crippen LogP contribution in [0.15, 0.2) is 36.5 Å². The zero-order valence-corrected chi connectivity index (χ0v) is 8.07. The molecule has 0 aliphatic heterocycles. The number of hydrogen-bond donors (Lipinski definition) is 1. The number of primary amides is 1. The predicted molar refractivity (Wildman–Crippen MR) is 56.1 cm³/mol. The highest BCUT2D eigenvalue weighted by molar-refractivity contribution is 5.85. The minimum atomic E-state index is -0.417. The van der Waals surface area contributed by atoms with Gasteiger partial charge in [-0.15, -0.1) is 0 Å². The number of rotatable bonds is 6. The minimum absolute atomic E-state index is 0.417. The molecule has 13 heavy (non-hydrogen) atoms. The van der Waals surface area contributed by atoms with E-state index in [1.807, 2.05) is 12.2 Å². The van der Waals surface area contributed by atoms with Gasteiger partial charge in [-0.25, -0.2) is 0 Å². The van der Waals surface area contributed by atoms with Crippen LogP contribution in [-0.4, -0.2) is 5.91 Å². The monoisotopic (exact) mass is 179 g/mol. The smallest absolute Gasteiger partial charge is 0.241 e. The van der Waals surface area contributed by atoms with E-state index in [-0.39, 0.29) is 0 Å². The fourth-order valence-corrected chi connectivity index (χ4v) is 0.775. The number of carbonyl (C=O) groups is 1. The maximum Gasteiger partial charge on any atom is 0.241 e. The lowest BCUT2D eigenvalue weighted by Gasteiger charge is -1.85. The Morgan fingerprint density at radius 3 is 2.54 bits per heavy atom. The second kappa shape index (κ2) is 8.78. The van der Waals surface area contributed by atoms with Gasteiger partial charge in [0.25, 0.3) is 0 Å². The lowest BCUT2D eigenvalue weighted by atomic mass is 10.2. The average molecular weight is 179 g/mol. The fraction of sp³-hybridized carbons (Fsp3) is 0.364. The Morgan fingerprint density at radius 2 is 1.92 bits per heavy atom. The molecule has 0 fully saturated rings. The van der Waals surface area contributed by atoms with Crippen LogP contribution in [0.1, 0.15) is 26.2 Å². The van der Waals surface area contributed by atoms with E-state index in [0.29, 0.717) is 0 Å². The summed E-state index contributed by atoms with van der Waals surface area (Å²) in [6.07, 6.45) is 14.3. The molecule has 0 saturated heterocycles. The first kappa shape index (κ1) is 11.7. The van der Waals surface area contributed by atoms with E-state index in [0.717, 1.165) is 6.42 Å². The van der Waals surface area contributed by atoms with Crippen LogP contribution in [0.25, 0.3) is 0 Å². The maximum atomic E-state index is 10.3. The lowest BCUT2D eigenvalue weighted by molar-refractivity contribution is -0.113.